The predicted molar refractivity (Wildman–Crippen MR) is 68.0 cm³/mol. The summed E-state index contributed by atoms with van der Waals surface area (Å²) in [4.78, 5) is 16.1. The summed E-state index contributed by atoms with van der Waals surface area (Å²) < 4.78 is 5.03. The Morgan fingerprint density at radius 3 is 2.72 bits per heavy atom. The van der Waals surface area contributed by atoms with Gasteiger partial charge in [0.25, 0.3) is 5.91 Å². The fraction of sp³-hybridized carbons (Fsp3) is 0.385. The number of hydrogen-bond acceptors (Lipinski definition) is 4. The first-order chi connectivity index (χ1) is 8.52. The zero-order valence-corrected chi connectivity index (χ0v) is 10.6. The maximum atomic E-state index is 11.7. The molecular formula is C13H16N2O3. The van der Waals surface area contributed by atoms with E-state index in [2.05, 4.69) is 10.3 Å². The van der Waals surface area contributed by atoms with Gasteiger partial charge in [-0.05, 0) is 24.1 Å². The number of nitrogens with zero attached hydrogens (tertiary/aromatic N) is 1. The van der Waals surface area contributed by atoms with E-state index < -0.39 is 0 Å². The number of nitrogens with one attached hydrogen (secondary N) is 1. The SMILES string of the molecule is COc1cc(C2=NC(C(C)C)C(=O)N2)ccc1O. The highest BCUT2D eigenvalue weighted by Crippen LogP contribution is 2.27. The average molecular weight is 248 g/mol. The van der Waals surface area contributed by atoms with Crippen LogP contribution in [0.2, 0.25) is 0 Å². The Hall–Kier alpha value is -2.04. The molecule has 1 amide bonds. The number of ether oxygens (including phenoxy) is 1. The number of amides is 1. The second-order valence-corrected chi connectivity index (χ2v) is 4.54. The molecule has 0 saturated carbocycles. The van der Waals surface area contributed by atoms with E-state index in [1.165, 1.54) is 13.2 Å². The zero-order chi connectivity index (χ0) is 13.3. The van der Waals surface area contributed by atoms with Crippen LogP contribution in [0.25, 0.3) is 0 Å². The van der Waals surface area contributed by atoms with Gasteiger partial charge in [0, 0.05) is 5.56 Å². The van der Waals surface area contributed by atoms with E-state index in [4.69, 9.17) is 4.74 Å². The minimum atomic E-state index is -0.347. The summed E-state index contributed by atoms with van der Waals surface area (Å²) >= 11 is 0. The molecule has 18 heavy (non-hydrogen) atoms. The lowest BCUT2D eigenvalue weighted by Gasteiger charge is -2.06. The van der Waals surface area contributed by atoms with E-state index in [0.717, 1.165) is 5.56 Å². The molecule has 0 radical (unpaired) electrons. The Bertz CT molecular complexity index is 509. The first-order valence-corrected chi connectivity index (χ1v) is 5.79. The van der Waals surface area contributed by atoms with Crippen molar-refractivity contribution in [1.82, 2.24) is 5.32 Å². The molecule has 1 aromatic rings. The second kappa shape index (κ2) is 4.68. The quantitative estimate of drug-likeness (QED) is 0.847. The number of carbonyl (C=O) groups excluding carboxylic acids is 1. The van der Waals surface area contributed by atoms with Crippen LogP contribution in [0.15, 0.2) is 23.2 Å². The molecule has 2 N–H and O–H groups in total. The van der Waals surface area contributed by atoms with Gasteiger partial charge in [0.15, 0.2) is 11.5 Å². The largest absolute Gasteiger partial charge is 0.504 e. The van der Waals surface area contributed by atoms with Crippen LogP contribution in [0.3, 0.4) is 0 Å². The summed E-state index contributed by atoms with van der Waals surface area (Å²) in [6.07, 6.45) is 0. The van der Waals surface area contributed by atoms with E-state index in [1.807, 2.05) is 13.8 Å². The van der Waals surface area contributed by atoms with Gasteiger partial charge in [0.05, 0.1) is 7.11 Å². The van der Waals surface area contributed by atoms with E-state index >= 15 is 0 Å². The lowest BCUT2D eigenvalue weighted by atomic mass is 10.1. The molecule has 1 atom stereocenters. The average Bonchev–Trinajstić information content (AvgIpc) is 2.72. The third kappa shape index (κ3) is 2.16. The summed E-state index contributed by atoms with van der Waals surface area (Å²) in [6, 6.07) is 4.52. The van der Waals surface area contributed by atoms with Gasteiger partial charge in [-0.15, -0.1) is 0 Å². The summed E-state index contributed by atoms with van der Waals surface area (Å²) in [5.74, 6) is 1.01. The molecule has 1 aliphatic rings. The number of rotatable bonds is 3. The molecule has 5 nitrogen and oxygen atoms in total. The van der Waals surface area contributed by atoms with Gasteiger partial charge in [-0.25, -0.2) is 0 Å². The van der Waals surface area contributed by atoms with Crippen molar-refractivity contribution >= 4 is 11.7 Å². The Morgan fingerprint density at radius 1 is 1.44 bits per heavy atom. The highest BCUT2D eigenvalue weighted by molar-refractivity contribution is 6.13. The number of amidine groups is 1. The molecule has 1 heterocycles. The zero-order valence-electron chi connectivity index (χ0n) is 10.6. The topological polar surface area (TPSA) is 70.9 Å². The normalized spacial score (nSPS) is 18.8. The molecule has 0 saturated heterocycles. The number of phenols is 1. The van der Waals surface area contributed by atoms with Crippen molar-refractivity contribution in [3.05, 3.63) is 23.8 Å². The highest BCUT2D eigenvalue weighted by Gasteiger charge is 2.29. The molecular weight excluding hydrogens is 232 g/mol. The summed E-state index contributed by atoms with van der Waals surface area (Å²) in [7, 11) is 1.48. The van der Waals surface area contributed by atoms with Crippen molar-refractivity contribution in [2.24, 2.45) is 10.9 Å². The Morgan fingerprint density at radius 2 is 2.17 bits per heavy atom. The first kappa shape index (κ1) is 12.4. The van der Waals surface area contributed by atoms with Crippen LogP contribution in [0.5, 0.6) is 11.5 Å². The molecule has 0 fully saturated rings. The van der Waals surface area contributed by atoms with Gasteiger partial charge in [-0.1, -0.05) is 13.8 Å². The molecule has 0 bridgehead atoms. The summed E-state index contributed by atoms with van der Waals surface area (Å²) in [5, 5.41) is 12.3. The lowest BCUT2D eigenvalue weighted by Crippen LogP contribution is -2.31. The molecule has 1 unspecified atom stereocenters. The molecule has 2 rings (SSSR count). The van der Waals surface area contributed by atoms with Crippen LogP contribution in [0.1, 0.15) is 19.4 Å². The number of aromatic hydroxyl groups is 1. The van der Waals surface area contributed by atoms with Crippen molar-refractivity contribution < 1.29 is 14.6 Å². The minimum absolute atomic E-state index is 0.0617. The molecule has 0 spiro atoms. The van der Waals surface area contributed by atoms with Crippen LogP contribution < -0.4 is 10.1 Å². The molecule has 96 valence electrons. The molecule has 1 aromatic carbocycles. The van der Waals surface area contributed by atoms with Crippen molar-refractivity contribution in [2.75, 3.05) is 7.11 Å². The highest BCUT2D eigenvalue weighted by atomic mass is 16.5. The van der Waals surface area contributed by atoms with Gasteiger partial charge in [0.1, 0.15) is 11.9 Å². The molecule has 5 heteroatoms. The fourth-order valence-electron chi connectivity index (χ4n) is 1.84. The summed E-state index contributed by atoms with van der Waals surface area (Å²) in [6.45, 7) is 3.90. The van der Waals surface area contributed by atoms with Crippen LogP contribution in [-0.2, 0) is 4.79 Å². The fourth-order valence-corrected chi connectivity index (χ4v) is 1.84. The maximum Gasteiger partial charge on any atom is 0.250 e. The number of aliphatic imine (C=N–C) groups is 1. The van der Waals surface area contributed by atoms with Crippen molar-refractivity contribution in [3.63, 3.8) is 0 Å². The molecule has 0 aromatic heterocycles. The number of phenolic OH excluding ortho intramolecular Hbond substituents is 1. The van der Waals surface area contributed by atoms with Gasteiger partial charge in [-0.3, -0.25) is 9.79 Å². The Kier molecular flexibility index (Phi) is 3.23. The van der Waals surface area contributed by atoms with Crippen molar-refractivity contribution in [1.29, 1.82) is 0 Å². The van der Waals surface area contributed by atoms with E-state index in [-0.39, 0.29) is 23.6 Å². The third-order valence-corrected chi connectivity index (χ3v) is 2.86. The van der Waals surface area contributed by atoms with E-state index in [0.29, 0.717) is 11.6 Å². The number of carbonyl (C=O) groups is 1. The smallest absolute Gasteiger partial charge is 0.250 e. The number of benzene rings is 1. The predicted octanol–water partition coefficient (Wildman–Crippen LogP) is 1.30. The maximum absolute atomic E-state index is 11.7. The van der Waals surface area contributed by atoms with Crippen LogP contribution >= 0.6 is 0 Å². The van der Waals surface area contributed by atoms with E-state index in [9.17, 15) is 9.90 Å². The molecule has 1 aliphatic heterocycles. The monoisotopic (exact) mass is 248 g/mol. The molecule has 0 aliphatic carbocycles. The lowest BCUT2D eigenvalue weighted by molar-refractivity contribution is -0.120. The standard InChI is InChI=1S/C13H16N2O3/c1-7(2)11-13(17)15-12(14-11)8-4-5-9(16)10(6-8)18-3/h4-7,11,16H,1-3H3,(H,14,15,17). The van der Waals surface area contributed by atoms with E-state index in [1.54, 1.807) is 12.1 Å². The van der Waals surface area contributed by atoms with Crippen LogP contribution in [0.4, 0.5) is 0 Å². The minimum Gasteiger partial charge on any atom is -0.504 e. The number of hydrogen-bond donors (Lipinski definition) is 2. The first-order valence-electron chi connectivity index (χ1n) is 5.79. The van der Waals surface area contributed by atoms with Gasteiger partial charge in [0.2, 0.25) is 0 Å². The Labute approximate surface area is 105 Å². The second-order valence-electron chi connectivity index (χ2n) is 4.54. The van der Waals surface area contributed by atoms with Gasteiger partial charge < -0.3 is 15.2 Å². The van der Waals surface area contributed by atoms with Crippen LogP contribution in [0, 0.1) is 5.92 Å². The van der Waals surface area contributed by atoms with Crippen molar-refractivity contribution in [3.8, 4) is 11.5 Å². The van der Waals surface area contributed by atoms with Crippen molar-refractivity contribution in [2.45, 2.75) is 19.9 Å². The van der Waals surface area contributed by atoms with Gasteiger partial charge in [-0.2, -0.15) is 0 Å². The van der Waals surface area contributed by atoms with Crippen LogP contribution in [-0.4, -0.2) is 30.0 Å². The van der Waals surface area contributed by atoms with Gasteiger partial charge >= 0.3 is 0 Å². The third-order valence-electron chi connectivity index (χ3n) is 2.86. The number of methoxy groups -OCH3 is 1. The summed E-state index contributed by atoms with van der Waals surface area (Å²) in [5.41, 5.74) is 0.723. The Balaban J connectivity index is 2.33.